The van der Waals surface area contributed by atoms with E-state index in [-0.39, 0.29) is 17.7 Å². The summed E-state index contributed by atoms with van der Waals surface area (Å²) in [4.78, 5) is 10.7. The minimum absolute atomic E-state index is 0.143. The van der Waals surface area contributed by atoms with Crippen LogP contribution < -0.4 is 9.64 Å². The highest BCUT2D eigenvalue weighted by Crippen LogP contribution is 2.37. The molecule has 3 aromatic heterocycles. The van der Waals surface area contributed by atoms with Crippen LogP contribution in [0.4, 0.5) is 5.82 Å². The van der Waals surface area contributed by atoms with E-state index in [4.69, 9.17) is 37.8 Å². The Morgan fingerprint density at radius 1 is 1.05 bits per heavy atom. The first-order chi connectivity index (χ1) is 19.3. The van der Waals surface area contributed by atoms with Crippen molar-refractivity contribution >= 4 is 49.8 Å². The number of nitrogens with zero attached hydrogens (tertiary/aromatic N) is 5. The number of aromatic nitrogens is 4. The van der Waals surface area contributed by atoms with Crippen LogP contribution in [0.5, 0.6) is 5.75 Å². The van der Waals surface area contributed by atoms with Crippen LogP contribution in [0.2, 0.25) is 10.0 Å². The Kier molecular flexibility index (Phi) is 7.60. The zero-order chi connectivity index (χ0) is 27.9. The van der Waals surface area contributed by atoms with Crippen LogP contribution in [0.1, 0.15) is 44.1 Å². The van der Waals surface area contributed by atoms with Gasteiger partial charge in [0.25, 0.3) is 0 Å². The summed E-state index contributed by atoms with van der Waals surface area (Å²) in [5, 5.41) is 6.80. The molecule has 2 saturated heterocycles. The molecule has 2 unspecified atom stereocenters. The number of pyridine rings is 2. The van der Waals surface area contributed by atoms with E-state index in [2.05, 4.69) is 9.97 Å². The van der Waals surface area contributed by atoms with Crippen molar-refractivity contribution in [3.8, 4) is 17.0 Å². The highest BCUT2D eigenvalue weighted by atomic mass is 35.5. The van der Waals surface area contributed by atoms with Crippen LogP contribution in [-0.2, 0) is 14.6 Å². The molecule has 210 valence electrons. The Balaban J connectivity index is 1.35. The molecule has 5 heterocycles. The van der Waals surface area contributed by atoms with Gasteiger partial charge in [0.1, 0.15) is 23.4 Å². The number of anilines is 1. The van der Waals surface area contributed by atoms with Gasteiger partial charge < -0.3 is 14.4 Å². The molecule has 2 atom stereocenters. The predicted molar refractivity (Wildman–Crippen MR) is 156 cm³/mol. The molecule has 0 saturated carbocycles. The second-order valence-electron chi connectivity index (χ2n) is 10.1. The monoisotopic (exact) mass is 601 g/mol. The molecule has 0 spiro atoms. The smallest absolute Gasteiger partial charge is 0.153 e. The fraction of sp³-hybridized carbons (Fsp3) is 0.393. The van der Waals surface area contributed by atoms with Crippen LogP contribution >= 0.6 is 23.2 Å². The highest BCUT2D eigenvalue weighted by Gasteiger charge is 2.25. The van der Waals surface area contributed by atoms with E-state index in [0.717, 1.165) is 47.2 Å². The van der Waals surface area contributed by atoms with Crippen molar-refractivity contribution in [2.24, 2.45) is 0 Å². The summed E-state index contributed by atoms with van der Waals surface area (Å²) in [5.41, 5.74) is 3.23. The van der Waals surface area contributed by atoms with Crippen molar-refractivity contribution in [1.29, 1.82) is 0 Å². The van der Waals surface area contributed by atoms with Crippen LogP contribution in [0, 0.1) is 0 Å². The van der Waals surface area contributed by atoms with Gasteiger partial charge in [-0.15, -0.1) is 0 Å². The van der Waals surface area contributed by atoms with E-state index in [1.807, 2.05) is 46.8 Å². The Hall–Kier alpha value is -2.92. The fourth-order valence-corrected chi connectivity index (χ4v) is 7.14. The van der Waals surface area contributed by atoms with Gasteiger partial charge in [-0.2, -0.15) is 5.10 Å². The summed E-state index contributed by atoms with van der Waals surface area (Å²) < 4.78 is 38.0. The maximum atomic E-state index is 11.8. The summed E-state index contributed by atoms with van der Waals surface area (Å²) in [5.74, 6) is 1.68. The molecule has 2 aliphatic heterocycles. The van der Waals surface area contributed by atoms with E-state index in [1.165, 1.54) is 0 Å². The lowest BCUT2D eigenvalue weighted by Gasteiger charge is -2.27. The largest absolute Gasteiger partial charge is 0.486 e. The third-order valence-electron chi connectivity index (χ3n) is 7.41. The van der Waals surface area contributed by atoms with Crippen LogP contribution in [-0.4, -0.2) is 59.4 Å². The first-order valence-electron chi connectivity index (χ1n) is 13.3. The Morgan fingerprint density at radius 2 is 1.82 bits per heavy atom. The molecule has 2 fully saturated rings. The Bertz CT molecular complexity index is 1600. The van der Waals surface area contributed by atoms with Gasteiger partial charge >= 0.3 is 0 Å². The van der Waals surface area contributed by atoms with Crippen molar-refractivity contribution in [3.05, 3.63) is 64.5 Å². The average molecular weight is 603 g/mol. The Labute approximate surface area is 242 Å². The molecule has 0 amide bonds. The van der Waals surface area contributed by atoms with E-state index in [0.29, 0.717) is 41.1 Å². The highest BCUT2D eigenvalue weighted by molar-refractivity contribution is 7.91. The third-order valence-corrected chi connectivity index (χ3v) is 9.62. The van der Waals surface area contributed by atoms with Crippen molar-refractivity contribution in [3.63, 3.8) is 0 Å². The quantitative estimate of drug-likeness (QED) is 0.270. The van der Waals surface area contributed by atoms with Gasteiger partial charge in [-0.3, -0.25) is 4.98 Å². The summed E-state index contributed by atoms with van der Waals surface area (Å²) >= 11 is 12.7. The molecule has 6 rings (SSSR count). The van der Waals surface area contributed by atoms with E-state index < -0.39 is 15.9 Å². The SMILES string of the molecule is CC(Oc1ccc2c(c1)c(-c1ccc(N3CCS(=O)(=O)CC3)nc1)nn2C1CCCCO1)c1c(Cl)cncc1Cl. The summed E-state index contributed by atoms with van der Waals surface area (Å²) in [7, 11) is -2.97. The van der Waals surface area contributed by atoms with Crippen molar-refractivity contribution in [2.75, 3.05) is 36.1 Å². The van der Waals surface area contributed by atoms with Crippen LogP contribution in [0.3, 0.4) is 0 Å². The van der Waals surface area contributed by atoms with Crippen molar-refractivity contribution in [2.45, 2.75) is 38.5 Å². The van der Waals surface area contributed by atoms with Gasteiger partial charge in [0.2, 0.25) is 0 Å². The second kappa shape index (κ2) is 11.2. The lowest BCUT2D eigenvalue weighted by molar-refractivity contribution is -0.0365. The molecular weight excluding hydrogens is 573 g/mol. The molecule has 0 N–H and O–H groups in total. The molecule has 4 aromatic rings. The van der Waals surface area contributed by atoms with Gasteiger partial charge in [0, 0.05) is 54.8 Å². The molecular formula is C28H29Cl2N5O4S. The van der Waals surface area contributed by atoms with Gasteiger partial charge in [0.05, 0.1) is 27.1 Å². The van der Waals surface area contributed by atoms with E-state index in [9.17, 15) is 8.42 Å². The zero-order valence-electron chi connectivity index (χ0n) is 22.0. The molecule has 0 bridgehead atoms. The third kappa shape index (κ3) is 5.50. The maximum Gasteiger partial charge on any atom is 0.153 e. The summed E-state index contributed by atoms with van der Waals surface area (Å²) in [6, 6.07) is 9.78. The van der Waals surface area contributed by atoms with Crippen LogP contribution in [0.15, 0.2) is 48.9 Å². The average Bonchev–Trinajstić information content (AvgIpc) is 3.32. The molecule has 1 aromatic carbocycles. The van der Waals surface area contributed by atoms with Gasteiger partial charge in [-0.1, -0.05) is 23.2 Å². The molecule has 0 radical (unpaired) electrons. The summed E-state index contributed by atoms with van der Waals surface area (Å²) in [6.07, 6.45) is 7.35. The molecule has 0 aliphatic carbocycles. The number of ether oxygens (including phenoxy) is 2. The number of hydrogen-bond acceptors (Lipinski definition) is 8. The molecule has 12 heteroatoms. The predicted octanol–water partition coefficient (Wildman–Crippen LogP) is 5.87. The first kappa shape index (κ1) is 27.3. The van der Waals surface area contributed by atoms with Crippen LogP contribution in [0.25, 0.3) is 22.2 Å². The number of fused-ring (bicyclic) bond motifs is 1. The van der Waals surface area contributed by atoms with E-state index in [1.54, 1.807) is 18.6 Å². The minimum atomic E-state index is -2.97. The number of hydrogen-bond donors (Lipinski definition) is 0. The second-order valence-corrected chi connectivity index (χ2v) is 13.2. The minimum Gasteiger partial charge on any atom is -0.486 e. The van der Waals surface area contributed by atoms with Crippen molar-refractivity contribution in [1.82, 2.24) is 19.7 Å². The van der Waals surface area contributed by atoms with Gasteiger partial charge in [-0.05, 0) is 56.5 Å². The maximum absolute atomic E-state index is 11.8. The number of sulfone groups is 1. The fourth-order valence-electron chi connectivity index (χ4n) is 5.27. The summed E-state index contributed by atoms with van der Waals surface area (Å²) in [6.45, 7) is 3.48. The van der Waals surface area contributed by atoms with Gasteiger partial charge in [0.15, 0.2) is 16.1 Å². The lowest BCUT2D eigenvalue weighted by Crippen LogP contribution is -2.40. The standard InChI is InChI=1S/C28H29Cl2N5O4S/c1-18(27-22(29)16-31-17-23(27)30)39-20-6-7-24-21(14-20)28(33-35(24)26-4-2-3-11-38-26)19-5-8-25(32-15-19)34-9-12-40(36,37)13-10-34/h5-8,14-18,26H,2-4,9-13H2,1H3. The number of benzene rings is 1. The van der Waals surface area contributed by atoms with Gasteiger partial charge in [-0.25, -0.2) is 18.1 Å². The first-order valence-corrected chi connectivity index (χ1v) is 15.9. The van der Waals surface area contributed by atoms with E-state index >= 15 is 0 Å². The Morgan fingerprint density at radius 3 is 2.50 bits per heavy atom. The molecule has 2 aliphatic rings. The lowest BCUT2D eigenvalue weighted by atomic mass is 10.1. The normalized spacial score (nSPS) is 20.0. The molecule has 40 heavy (non-hydrogen) atoms. The number of rotatable bonds is 6. The topological polar surface area (TPSA) is 99.4 Å². The number of halogens is 2. The zero-order valence-corrected chi connectivity index (χ0v) is 24.3. The molecule has 9 nitrogen and oxygen atoms in total. The van der Waals surface area contributed by atoms with Crippen molar-refractivity contribution < 1.29 is 17.9 Å².